The third kappa shape index (κ3) is 2.30. The zero-order valence-electron chi connectivity index (χ0n) is 6.33. The summed E-state index contributed by atoms with van der Waals surface area (Å²) in [5, 5.41) is 9.38. The molecule has 14 heavy (non-hydrogen) atoms. The Morgan fingerprint density at radius 3 is 2.07 bits per heavy atom. The average molecular weight is 411 g/mol. The molecule has 78 valence electrons. The topological polar surface area (TPSA) is 74.6 Å². The summed E-state index contributed by atoms with van der Waals surface area (Å²) in [5.74, 6) is -0.291. The van der Waals surface area contributed by atoms with Crippen molar-refractivity contribution in [2.45, 2.75) is 4.90 Å². The first kappa shape index (κ1) is 12.4. The summed E-state index contributed by atoms with van der Waals surface area (Å²) in [6.45, 7) is 0. The standard InChI is InChI=1S/C6H3Br3O4S/c7-2-1-3(8)6(14(11,12)13)4(9)5(2)10/h1,10H,(H,11,12,13). The van der Waals surface area contributed by atoms with Gasteiger partial charge in [0.2, 0.25) is 0 Å². The largest absolute Gasteiger partial charge is 0.506 e. The van der Waals surface area contributed by atoms with Crippen LogP contribution in [-0.4, -0.2) is 18.1 Å². The maximum Gasteiger partial charge on any atom is 0.296 e. The van der Waals surface area contributed by atoms with E-state index >= 15 is 0 Å². The van der Waals surface area contributed by atoms with E-state index in [4.69, 9.17) is 4.55 Å². The lowest BCUT2D eigenvalue weighted by atomic mass is 10.3. The Kier molecular flexibility index (Phi) is 3.63. The molecule has 2 N–H and O–H groups in total. The fourth-order valence-electron chi connectivity index (χ4n) is 0.799. The van der Waals surface area contributed by atoms with Gasteiger partial charge in [-0.05, 0) is 53.9 Å². The predicted molar refractivity (Wildman–Crippen MR) is 61.0 cm³/mol. The van der Waals surface area contributed by atoms with Gasteiger partial charge in [-0.1, -0.05) is 0 Å². The number of rotatable bonds is 1. The van der Waals surface area contributed by atoms with Gasteiger partial charge in [-0.15, -0.1) is 0 Å². The van der Waals surface area contributed by atoms with Gasteiger partial charge in [-0.2, -0.15) is 8.42 Å². The minimum absolute atomic E-state index is 0.0961. The Labute approximate surface area is 105 Å². The van der Waals surface area contributed by atoms with Crippen LogP contribution in [0.5, 0.6) is 5.75 Å². The molecule has 8 heteroatoms. The van der Waals surface area contributed by atoms with E-state index in [0.717, 1.165) is 0 Å². The number of aromatic hydroxyl groups is 1. The number of phenolic OH excluding ortho intramolecular Hbond substituents is 1. The van der Waals surface area contributed by atoms with Gasteiger partial charge < -0.3 is 5.11 Å². The van der Waals surface area contributed by atoms with Crippen molar-refractivity contribution in [3.8, 4) is 5.75 Å². The summed E-state index contributed by atoms with van der Waals surface area (Å²) in [6, 6.07) is 1.32. The first-order valence-corrected chi connectivity index (χ1v) is 6.91. The molecule has 0 aromatic heterocycles. The number of hydrogen-bond donors (Lipinski definition) is 2. The van der Waals surface area contributed by atoms with Crippen LogP contribution < -0.4 is 0 Å². The minimum atomic E-state index is -4.38. The fourth-order valence-corrected chi connectivity index (χ4v) is 4.78. The van der Waals surface area contributed by atoms with E-state index in [9.17, 15) is 13.5 Å². The second kappa shape index (κ2) is 4.09. The van der Waals surface area contributed by atoms with Gasteiger partial charge in [-0.3, -0.25) is 4.55 Å². The van der Waals surface area contributed by atoms with Crippen molar-refractivity contribution in [1.29, 1.82) is 0 Å². The van der Waals surface area contributed by atoms with Gasteiger partial charge >= 0.3 is 0 Å². The number of phenols is 1. The van der Waals surface area contributed by atoms with Gasteiger partial charge in [0.1, 0.15) is 10.6 Å². The molecule has 0 spiro atoms. The van der Waals surface area contributed by atoms with Crippen molar-refractivity contribution in [3.05, 3.63) is 19.5 Å². The SMILES string of the molecule is O=S(=O)(O)c1c(Br)cc(Br)c(O)c1Br. The Balaban J connectivity index is 3.70. The van der Waals surface area contributed by atoms with Crippen LogP contribution in [0.1, 0.15) is 0 Å². The third-order valence-electron chi connectivity index (χ3n) is 1.36. The Hall–Kier alpha value is 0.370. The lowest BCUT2D eigenvalue weighted by Crippen LogP contribution is -2.01. The summed E-state index contributed by atoms with van der Waals surface area (Å²) >= 11 is 8.84. The predicted octanol–water partition coefficient (Wildman–Crippen LogP) is 2.93. The summed E-state index contributed by atoms with van der Waals surface area (Å²) < 4.78 is 31.0. The van der Waals surface area contributed by atoms with Gasteiger partial charge in [-0.25, -0.2) is 0 Å². The van der Waals surface area contributed by atoms with Gasteiger partial charge in [0.05, 0.1) is 8.95 Å². The van der Waals surface area contributed by atoms with Crippen LogP contribution in [0.25, 0.3) is 0 Å². The van der Waals surface area contributed by atoms with E-state index in [1.54, 1.807) is 0 Å². The molecule has 0 aliphatic carbocycles. The minimum Gasteiger partial charge on any atom is -0.506 e. The van der Waals surface area contributed by atoms with Gasteiger partial charge in [0.15, 0.2) is 0 Å². The molecule has 4 nitrogen and oxygen atoms in total. The first-order valence-electron chi connectivity index (χ1n) is 3.09. The van der Waals surface area contributed by atoms with Gasteiger partial charge in [0, 0.05) is 4.47 Å². The highest BCUT2D eigenvalue weighted by atomic mass is 79.9. The van der Waals surface area contributed by atoms with Crippen LogP contribution in [0.2, 0.25) is 0 Å². The zero-order valence-corrected chi connectivity index (χ0v) is 11.9. The average Bonchev–Trinajstić information content (AvgIpc) is 1.97. The van der Waals surface area contributed by atoms with Crippen molar-refractivity contribution in [2.24, 2.45) is 0 Å². The highest BCUT2D eigenvalue weighted by Crippen LogP contribution is 2.41. The smallest absolute Gasteiger partial charge is 0.296 e. The van der Waals surface area contributed by atoms with Crippen LogP contribution in [0, 0.1) is 0 Å². The highest BCUT2D eigenvalue weighted by Gasteiger charge is 2.22. The number of hydrogen-bond acceptors (Lipinski definition) is 3. The first-order chi connectivity index (χ1) is 6.25. The van der Waals surface area contributed by atoms with E-state index < -0.39 is 15.0 Å². The monoisotopic (exact) mass is 408 g/mol. The Morgan fingerprint density at radius 2 is 1.64 bits per heavy atom. The molecule has 0 fully saturated rings. The molecule has 1 rings (SSSR count). The molecule has 0 aliphatic heterocycles. The summed E-state index contributed by atoms with van der Waals surface area (Å²) in [6.07, 6.45) is 0. The molecule has 1 aromatic carbocycles. The molecule has 0 heterocycles. The van der Waals surface area contributed by atoms with Crippen LogP contribution in [0.15, 0.2) is 24.4 Å². The molecular weight excluding hydrogens is 408 g/mol. The molecule has 0 bridgehead atoms. The number of benzene rings is 1. The lowest BCUT2D eigenvalue weighted by Gasteiger charge is -2.07. The van der Waals surface area contributed by atoms with Crippen molar-refractivity contribution in [2.75, 3.05) is 0 Å². The second-order valence-electron chi connectivity index (χ2n) is 2.31. The molecule has 0 amide bonds. The molecule has 0 saturated heterocycles. The van der Waals surface area contributed by atoms with Crippen molar-refractivity contribution in [1.82, 2.24) is 0 Å². The van der Waals surface area contributed by atoms with Crippen LogP contribution in [0.3, 0.4) is 0 Å². The van der Waals surface area contributed by atoms with E-state index in [0.29, 0.717) is 4.47 Å². The molecular formula is C6H3Br3O4S. The van der Waals surface area contributed by atoms with E-state index in [2.05, 4.69) is 47.8 Å². The van der Waals surface area contributed by atoms with Crippen LogP contribution >= 0.6 is 47.8 Å². The Morgan fingerprint density at radius 1 is 1.14 bits per heavy atom. The molecule has 0 aliphatic rings. The molecule has 0 saturated carbocycles. The summed E-state index contributed by atoms with van der Waals surface area (Å²) in [7, 11) is -4.38. The number of halogens is 3. The maximum atomic E-state index is 10.9. The molecule has 0 radical (unpaired) electrons. The van der Waals surface area contributed by atoms with E-state index in [1.165, 1.54) is 6.07 Å². The van der Waals surface area contributed by atoms with Crippen molar-refractivity contribution < 1.29 is 18.1 Å². The van der Waals surface area contributed by atoms with Crippen LogP contribution in [0.4, 0.5) is 0 Å². The highest BCUT2D eigenvalue weighted by molar-refractivity contribution is 9.11. The van der Waals surface area contributed by atoms with Gasteiger partial charge in [0.25, 0.3) is 10.1 Å². The summed E-state index contributed by atoms with van der Waals surface area (Å²) in [4.78, 5) is -0.404. The second-order valence-corrected chi connectivity index (χ2v) is 6.17. The van der Waals surface area contributed by atoms with E-state index in [1.807, 2.05) is 0 Å². The van der Waals surface area contributed by atoms with Crippen molar-refractivity contribution in [3.63, 3.8) is 0 Å². The molecule has 0 unspecified atom stereocenters. The van der Waals surface area contributed by atoms with Crippen LogP contribution in [-0.2, 0) is 10.1 Å². The summed E-state index contributed by atoms with van der Waals surface area (Å²) in [5.41, 5.74) is 0. The quantitative estimate of drug-likeness (QED) is 0.698. The van der Waals surface area contributed by atoms with E-state index in [-0.39, 0.29) is 14.7 Å². The zero-order chi connectivity index (χ0) is 11.1. The molecule has 1 aromatic rings. The maximum absolute atomic E-state index is 10.9. The van der Waals surface area contributed by atoms with Crippen molar-refractivity contribution >= 4 is 57.9 Å². The third-order valence-corrected chi connectivity index (χ3v) is 4.83. The molecule has 0 atom stereocenters. The fraction of sp³-hybridized carbons (Fsp3) is 0. The lowest BCUT2D eigenvalue weighted by molar-refractivity contribution is 0.459. The normalized spacial score (nSPS) is 11.7. The Bertz CT molecular complexity index is 482.